The molecule has 0 saturated carbocycles. The predicted molar refractivity (Wildman–Crippen MR) is 71.2 cm³/mol. The molecule has 2 rings (SSSR count). The van der Waals surface area contributed by atoms with E-state index < -0.39 is 22.0 Å². The molecule has 0 spiro atoms. The molecule has 1 fully saturated rings. The average molecular weight is 287 g/mol. The zero-order chi connectivity index (χ0) is 14.2. The Balaban J connectivity index is 2.04. The van der Waals surface area contributed by atoms with Crippen LogP contribution in [0.5, 0.6) is 0 Å². The van der Waals surface area contributed by atoms with Gasteiger partial charge in [-0.15, -0.1) is 0 Å². The number of hydrogen-bond donors (Lipinski definition) is 2. The van der Waals surface area contributed by atoms with Gasteiger partial charge in [0.1, 0.15) is 5.82 Å². The highest BCUT2D eigenvalue weighted by molar-refractivity contribution is 7.91. The molecule has 4 nitrogen and oxygen atoms in total. The van der Waals surface area contributed by atoms with E-state index in [-0.39, 0.29) is 17.3 Å². The highest BCUT2D eigenvalue weighted by atomic mass is 32.2. The summed E-state index contributed by atoms with van der Waals surface area (Å²) in [7, 11) is -3.14. The van der Waals surface area contributed by atoms with Crippen LogP contribution < -0.4 is 5.32 Å². The summed E-state index contributed by atoms with van der Waals surface area (Å²) in [5.41, 5.74) is 2.01. The highest BCUT2D eigenvalue weighted by Crippen LogP contribution is 2.16. The second kappa shape index (κ2) is 5.19. The standard InChI is InChI=1S/C13H18FNO3S/c1-8-3-10(4-9(2)13(8)14)5-15-11-6-19(17,18)7-12(11)16/h3-4,11-12,15-16H,5-7H2,1-2H3. The number of aliphatic hydroxyl groups excluding tert-OH is 1. The molecule has 0 aromatic heterocycles. The van der Waals surface area contributed by atoms with Gasteiger partial charge in [-0.3, -0.25) is 0 Å². The molecule has 0 bridgehead atoms. The maximum absolute atomic E-state index is 13.5. The van der Waals surface area contributed by atoms with Crippen molar-refractivity contribution in [3.05, 3.63) is 34.6 Å². The summed E-state index contributed by atoms with van der Waals surface area (Å²) < 4.78 is 36.2. The van der Waals surface area contributed by atoms with Crippen LogP contribution in [-0.2, 0) is 16.4 Å². The number of aryl methyl sites for hydroxylation is 2. The molecule has 2 unspecified atom stereocenters. The van der Waals surface area contributed by atoms with Crippen LogP contribution in [-0.4, -0.2) is 37.2 Å². The number of benzene rings is 1. The van der Waals surface area contributed by atoms with E-state index in [1.807, 2.05) is 0 Å². The lowest BCUT2D eigenvalue weighted by atomic mass is 10.1. The lowest BCUT2D eigenvalue weighted by Crippen LogP contribution is -2.38. The number of nitrogens with one attached hydrogen (secondary N) is 1. The van der Waals surface area contributed by atoms with Gasteiger partial charge in [0, 0.05) is 12.6 Å². The Bertz CT molecular complexity index is 563. The number of sulfone groups is 1. The number of halogens is 1. The second-order valence-electron chi connectivity index (χ2n) is 5.18. The molecule has 106 valence electrons. The summed E-state index contributed by atoms with van der Waals surface area (Å²) in [6.07, 6.45) is -0.868. The van der Waals surface area contributed by atoms with E-state index in [0.29, 0.717) is 17.7 Å². The first kappa shape index (κ1) is 14.4. The Morgan fingerprint density at radius 1 is 1.32 bits per heavy atom. The summed E-state index contributed by atoms with van der Waals surface area (Å²) in [6, 6.07) is 3.01. The van der Waals surface area contributed by atoms with Crippen molar-refractivity contribution >= 4 is 9.84 Å². The monoisotopic (exact) mass is 287 g/mol. The van der Waals surface area contributed by atoms with Crippen LogP contribution in [0.3, 0.4) is 0 Å². The van der Waals surface area contributed by atoms with Gasteiger partial charge in [0.15, 0.2) is 9.84 Å². The van der Waals surface area contributed by atoms with Crippen LogP contribution in [0, 0.1) is 19.7 Å². The van der Waals surface area contributed by atoms with E-state index in [1.54, 1.807) is 26.0 Å². The van der Waals surface area contributed by atoms with Crippen molar-refractivity contribution in [2.45, 2.75) is 32.5 Å². The quantitative estimate of drug-likeness (QED) is 0.858. The van der Waals surface area contributed by atoms with Gasteiger partial charge in [0.25, 0.3) is 0 Å². The van der Waals surface area contributed by atoms with E-state index in [1.165, 1.54) is 0 Å². The minimum absolute atomic E-state index is 0.0483. The molecule has 2 atom stereocenters. The molecule has 0 aliphatic carbocycles. The summed E-state index contributed by atoms with van der Waals surface area (Å²) in [4.78, 5) is 0. The second-order valence-corrected chi connectivity index (χ2v) is 7.33. The average Bonchev–Trinajstić information content (AvgIpc) is 2.56. The van der Waals surface area contributed by atoms with Crippen LogP contribution in [0.4, 0.5) is 4.39 Å². The van der Waals surface area contributed by atoms with Crippen molar-refractivity contribution in [3.63, 3.8) is 0 Å². The molecule has 1 aliphatic heterocycles. The summed E-state index contributed by atoms with van der Waals surface area (Å²) in [5.74, 6) is -0.452. The van der Waals surface area contributed by atoms with Crippen LogP contribution in [0.15, 0.2) is 12.1 Å². The Kier molecular flexibility index (Phi) is 3.94. The third-order valence-corrected chi connectivity index (χ3v) is 5.10. The molecular formula is C13H18FNO3S. The van der Waals surface area contributed by atoms with Gasteiger partial charge >= 0.3 is 0 Å². The van der Waals surface area contributed by atoms with Gasteiger partial charge in [-0.2, -0.15) is 0 Å². The van der Waals surface area contributed by atoms with Crippen molar-refractivity contribution < 1.29 is 17.9 Å². The maximum Gasteiger partial charge on any atom is 0.154 e. The molecule has 6 heteroatoms. The molecule has 1 heterocycles. The fraction of sp³-hybridized carbons (Fsp3) is 0.538. The molecule has 0 amide bonds. The summed E-state index contributed by atoms with van der Waals surface area (Å²) in [5, 5.41) is 12.7. The van der Waals surface area contributed by atoms with Crippen LogP contribution >= 0.6 is 0 Å². The van der Waals surface area contributed by atoms with Crippen LogP contribution in [0.2, 0.25) is 0 Å². The molecular weight excluding hydrogens is 269 g/mol. The normalized spacial score (nSPS) is 25.7. The van der Waals surface area contributed by atoms with Gasteiger partial charge < -0.3 is 10.4 Å². The van der Waals surface area contributed by atoms with E-state index in [4.69, 9.17) is 0 Å². The van der Waals surface area contributed by atoms with E-state index in [0.717, 1.165) is 5.56 Å². The first-order valence-corrected chi connectivity index (χ1v) is 7.98. The molecule has 0 radical (unpaired) electrons. The first-order chi connectivity index (χ1) is 8.78. The zero-order valence-corrected chi connectivity index (χ0v) is 11.8. The smallest absolute Gasteiger partial charge is 0.154 e. The largest absolute Gasteiger partial charge is 0.390 e. The van der Waals surface area contributed by atoms with Crippen molar-refractivity contribution in [2.24, 2.45) is 0 Å². The highest BCUT2D eigenvalue weighted by Gasteiger charge is 2.35. The number of rotatable bonds is 3. The fourth-order valence-corrected chi connectivity index (χ4v) is 4.19. The van der Waals surface area contributed by atoms with Gasteiger partial charge in [0.2, 0.25) is 0 Å². The van der Waals surface area contributed by atoms with Crippen molar-refractivity contribution in [2.75, 3.05) is 11.5 Å². The fourth-order valence-electron chi connectivity index (χ4n) is 2.41. The number of hydrogen-bond acceptors (Lipinski definition) is 4. The Labute approximate surface area is 112 Å². The Hall–Kier alpha value is -0.980. The minimum Gasteiger partial charge on any atom is -0.390 e. The molecule has 1 aromatic rings. The molecule has 1 aromatic carbocycles. The molecule has 2 N–H and O–H groups in total. The van der Waals surface area contributed by atoms with Crippen molar-refractivity contribution in [1.29, 1.82) is 0 Å². The Morgan fingerprint density at radius 2 is 1.89 bits per heavy atom. The van der Waals surface area contributed by atoms with Gasteiger partial charge in [-0.05, 0) is 30.5 Å². The van der Waals surface area contributed by atoms with E-state index in [9.17, 15) is 17.9 Å². The Morgan fingerprint density at radius 3 is 2.37 bits per heavy atom. The van der Waals surface area contributed by atoms with E-state index >= 15 is 0 Å². The summed E-state index contributed by atoms with van der Waals surface area (Å²) in [6.45, 7) is 3.81. The van der Waals surface area contributed by atoms with Gasteiger partial charge in [-0.25, -0.2) is 12.8 Å². The minimum atomic E-state index is -3.14. The third kappa shape index (κ3) is 3.32. The SMILES string of the molecule is Cc1cc(CNC2CS(=O)(=O)CC2O)cc(C)c1F. The molecule has 1 saturated heterocycles. The van der Waals surface area contributed by atoms with E-state index in [2.05, 4.69) is 5.32 Å². The zero-order valence-electron chi connectivity index (χ0n) is 11.0. The van der Waals surface area contributed by atoms with Gasteiger partial charge in [0.05, 0.1) is 17.6 Å². The van der Waals surface area contributed by atoms with Crippen LogP contribution in [0.25, 0.3) is 0 Å². The lowest BCUT2D eigenvalue weighted by molar-refractivity contribution is 0.165. The third-order valence-electron chi connectivity index (χ3n) is 3.39. The summed E-state index contributed by atoms with van der Waals surface area (Å²) >= 11 is 0. The topological polar surface area (TPSA) is 66.4 Å². The van der Waals surface area contributed by atoms with Gasteiger partial charge in [-0.1, -0.05) is 12.1 Å². The predicted octanol–water partition coefficient (Wildman–Crippen LogP) is 0.690. The van der Waals surface area contributed by atoms with Crippen molar-refractivity contribution in [3.8, 4) is 0 Å². The number of aliphatic hydroxyl groups is 1. The maximum atomic E-state index is 13.5. The molecule has 19 heavy (non-hydrogen) atoms. The van der Waals surface area contributed by atoms with Crippen molar-refractivity contribution in [1.82, 2.24) is 5.32 Å². The first-order valence-electron chi connectivity index (χ1n) is 6.16. The van der Waals surface area contributed by atoms with Crippen LogP contribution in [0.1, 0.15) is 16.7 Å². The lowest BCUT2D eigenvalue weighted by Gasteiger charge is -2.15. The molecule has 1 aliphatic rings.